The van der Waals surface area contributed by atoms with Gasteiger partial charge >= 0.3 is 23.9 Å². The van der Waals surface area contributed by atoms with Gasteiger partial charge in [-0.15, -0.1) is 0 Å². The molecule has 0 radical (unpaired) electrons. The highest BCUT2D eigenvalue weighted by molar-refractivity contribution is 4.88. The molecule has 0 spiro atoms. The molecule has 1 aromatic rings. The van der Waals surface area contributed by atoms with Gasteiger partial charge in [-0.05, 0) is 12.8 Å². The Balaban J connectivity index is 0.00000625. The maximum atomic E-state index is 14.6. The number of alkyl halides is 8. The van der Waals surface area contributed by atoms with Gasteiger partial charge in [0.2, 0.25) is 6.33 Å². The predicted octanol–water partition coefficient (Wildman–Crippen LogP) is 2.53. The van der Waals surface area contributed by atoms with E-state index in [2.05, 4.69) is 0 Å². The average Bonchev–Trinajstić information content (AvgIpc) is 2.98. The van der Waals surface area contributed by atoms with Gasteiger partial charge < -0.3 is 24.0 Å². The summed E-state index contributed by atoms with van der Waals surface area (Å²) < 4.78 is 108. The smallest absolute Gasteiger partial charge is 0.464 e. The second-order valence-electron chi connectivity index (χ2n) is 5.95. The largest absolute Gasteiger partial charge is 1.00 e. The van der Waals surface area contributed by atoms with Crippen LogP contribution in [0.15, 0.2) is 18.7 Å². The topological polar surface area (TPSA) is 8.81 Å². The summed E-state index contributed by atoms with van der Waals surface area (Å²) in [4.78, 5) is 0. The molecule has 11 heteroatoms. The second-order valence-corrected chi connectivity index (χ2v) is 5.95. The van der Waals surface area contributed by atoms with E-state index < -0.39 is 36.8 Å². The molecule has 26 heavy (non-hydrogen) atoms. The van der Waals surface area contributed by atoms with Crippen LogP contribution in [-0.4, -0.2) is 16.9 Å². The maximum Gasteiger partial charge on any atom is 0.464 e. The van der Waals surface area contributed by atoms with Gasteiger partial charge in [0.1, 0.15) is 12.4 Å². The van der Waals surface area contributed by atoms with Crippen molar-refractivity contribution in [2.75, 3.05) is 0 Å². The molecule has 1 aromatic heterocycles. The van der Waals surface area contributed by atoms with Gasteiger partial charge in [-0.2, -0.15) is 44.3 Å². The van der Waals surface area contributed by atoms with Crippen LogP contribution in [0, 0.1) is 0 Å². The van der Waals surface area contributed by atoms with Crippen LogP contribution in [0.3, 0.4) is 0 Å². The van der Waals surface area contributed by atoms with Crippen LogP contribution < -0.4 is 28.5 Å². The van der Waals surface area contributed by atoms with Crippen LogP contribution in [0.4, 0.5) is 35.1 Å². The number of halogens is 9. The summed E-state index contributed by atoms with van der Waals surface area (Å²) in [5.74, 6) is -7.79. The third-order valence-corrected chi connectivity index (χ3v) is 4.05. The van der Waals surface area contributed by atoms with Crippen molar-refractivity contribution in [3.63, 3.8) is 0 Å². The minimum absolute atomic E-state index is 0. The van der Waals surface area contributed by atoms with Crippen molar-refractivity contribution in [3.05, 3.63) is 18.7 Å². The molecule has 0 fully saturated rings. The molecule has 0 aliphatic carbocycles. The van der Waals surface area contributed by atoms with Crippen molar-refractivity contribution in [1.82, 2.24) is 4.57 Å². The monoisotopic (exact) mass is 508 g/mol. The summed E-state index contributed by atoms with van der Waals surface area (Å²) in [6.07, 6.45) is -11.2. The number of nitrogens with zero attached hydrogens (tertiary/aromatic N) is 2. The fraction of sp³-hybridized carbons (Fsp3) is 0.800. The third kappa shape index (κ3) is 5.00. The zero-order valence-corrected chi connectivity index (χ0v) is 16.4. The summed E-state index contributed by atoms with van der Waals surface area (Å²) in [7, 11) is 0. The van der Waals surface area contributed by atoms with Gasteiger partial charge in [-0.3, -0.25) is 0 Å². The van der Waals surface area contributed by atoms with Gasteiger partial charge in [0, 0.05) is 12.8 Å². The summed E-state index contributed by atoms with van der Waals surface area (Å²) in [6.45, 7) is 3.10. The Bertz CT molecular complexity index is 510. The molecule has 0 aliphatic heterocycles. The first-order valence-electron chi connectivity index (χ1n) is 7.95. The van der Waals surface area contributed by atoms with Gasteiger partial charge in [0.25, 0.3) is 0 Å². The summed E-state index contributed by atoms with van der Waals surface area (Å²) in [6, 6.07) is 0. The number of imidazole rings is 1. The fourth-order valence-corrected chi connectivity index (χ4v) is 2.43. The highest BCUT2D eigenvalue weighted by Crippen LogP contribution is 2.43. The number of aromatic nitrogens is 2. The van der Waals surface area contributed by atoms with Gasteiger partial charge in [-0.1, -0.05) is 26.7 Å². The van der Waals surface area contributed by atoms with E-state index in [1.165, 1.54) is 0 Å². The van der Waals surface area contributed by atoms with Crippen LogP contribution >= 0.6 is 0 Å². The molecule has 2 unspecified atom stereocenters. The SMILES string of the molecule is CCCCC(F)(n1cc[n+](C(F)(CCCC)C(F)(F)F)c1)C(F)(F)F.[I-]. The summed E-state index contributed by atoms with van der Waals surface area (Å²) in [5, 5.41) is 0. The van der Waals surface area contributed by atoms with Gasteiger partial charge in [-0.25, -0.2) is 0 Å². The van der Waals surface area contributed by atoms with Crippen molar-refractivity contribution < 1.29 is 63.7 Å². The molecule has 2 nitrogen and oxygen atoms in total. The van der Waals surface area contributed by atoms with Gasteiger partial charge in [0.05, 0.1) is 0 Å². The minimum Gasteiger partial charge on any atom is -1.00 e. The Hall–Kier alpha value is -0.620. The van der Waals surface area contributed by atoms with Gasteiger partial charge in [0.15, 0.2) is 0 Å². The normalized spacial score (nSPS) is 17.3. The summed E-state index contributed by atoms with van der Waals surface area (Å²) in [5.41, 5.74) is 0. The molecule has 0 amide bonds. The molecular weight excluding hydrogens is 487 g/mol. The van der Waals surface area contributed by atoms with E-state index in [1.807, 2.05) is 0 Å². The van der Waals surface area contributed by atoms with E-state index in [9.17, 15) is 35.1 Å². The van der Waals surface area contributed by atoms with Crippen molar-refractivity contribution in [2.45, 2.75) is 76.3 Å². The molecule has 0 N–H and O–H groups in total. The Labute approximate surface area is 163 Å². The molecule has 1 rings (SSSR count). The maximum absolute atomic E-state index is 14.6. The van der Waals surface area contributed by atoms with Crippen molar-refractivity contribution in [1.29, 1.82) is 0 Å². The fourth-order valence-electron chi connectivity index (χ4n) is 2.43. The molecular formula is C15H21F8IN2. The Morgan fingerprint density at radius 3 is 1.73 bits per heavy atom. The predicted molar refractivity (Wildman–Crippen MR) is 74.0 cm³/mol. The summed E-state index contributed by atoms with van der Waals surface area (Å²) >= 11 is 0. The van der Waals surface area contributed by atoms with Crippen molar-refractivity contribution >= 4 is 0 Å². The molecule has 154 valence electrons. The lowest BCUT2D eigenvalue weighted by molar-refractivity contribution is -0.821. The molecule has 0 aromatic carbocycles. The van der Waals surface area contributed by atoms with E-state index in [4.69, 9.17) is 0 Å². The van der Waals surface area contributed by atoms with E-state index in [0.717, 1.165) is 0 Å². The average molecular weight is 508 g/mol. The van der Waals surface area contributed by atoms with Crippen LogP contribution in [0.2, 0.25) is 0 Å². The van der Waals surface area contributed by atoms with Crippen LogP contribution in [0.5, 0.6) is 0 Å². The molecule has 0 aliphatic rings. The lowest BCUT2D eigenvalue weighted by atomic mass is 10.1. The van der Waals surface area contributed by atoms with Crippen molar-refractivity contribution in [2.24, 2.45) is 0 Å². The van der Waals surface area contributed by atoms with E-state index >= 15 is 0 Å². The first kappa shape index (κ1) is 25.4. The third-order valence-electron chi connectivity index (χ3n) is 4.05. The molecule has 0 saturated carbocycles. The molecule has 2 atom stereocenters. The van der Waals surface area contributed by atoms with Crippen LogP contribution in [0.25, 0.3) is 0 Å². The van der Waals surface area contributed by atoms with Crippen molar-refractivity contribution in [3.8, 4) is 0 Å². The Kier molecular flexibility index (Phi) is 8.83. The Morgan fingerprint density at radius 2 is 1.31 bits per heavy atom. The number of hydrogen-bond donors (Lipinski definition) is 0. The number of hydrogen-bond acceptors (Lipinski definition) is 0. The molecule has 0 saturated heterocycles. The van der Waals surface area contributed by atoms with Crippen LogP contribution in [-0.2, 0) is 11.6 Å². The number of unbranched alkanes of at least 4 members (excludes halogenated alkanes) is 2. The highest BCUT2D eigenvalue weighted by atomic mass is 127. The highest BCUT2D eigenvalue weighted by Gasteiger charge is 2.64. The van der Waals surface area contributed by atoms with E-state index in [0.29, 0.717) is 12.4 Å². The molecule has 1 heterocycles. The first-order chi connectivity index (χ1) is 11.3. The molecule has 0 bridgehead atoms. The zero-order valence-electron chi connectivity index (χ0n) is 14.3. The van der Waals surface area contributed by atoms with Crippen LogP contribution in [0.1, 0.15) is 52.4 Å². The second kappa shape index (κ2) is 9.05. The minimum atomic E-state index is -5.35. The zero-order chi connectivity index (χ0) is 19.5. The van der Waals surface area contributed by atoms with E-state index in [1.54, 1.807) is 13.8 Å². The first-order valence-corrected chi connectivity index (χ1v) is 7.95. The van der Waals surface area contributed by atoms with E-state index in [-0.39, 0.29) is 65.1 Å². The lowest BCUT2D eigenvalue weighted by Gasteiger charge is -2.26. The number of rotatable bonds is 8. The quantitative estimate of drug-likeness (QED) is 0.290. The lowest BCUT2D eigenvalue weighted by Crippen LogP contribution is -3.00. The Morgan fingerprint density at radius 1 is 0.808 bits per heavy atom. The standard InChI is InChI=1S/C15H21F8N2.HI/c1-3-5-7-12(16,14(18,19)20)24-9-10-25(11-24)13(17,8-6-4-2)15(21,22)23;/h9-11H,3-8H2,1-2H3;1H/q+1;/p-1.